The summed E-state index contributed by atoms with van der Waals surface area (Å²) < 4.78 is 10.8. The van der Waals surface area contributed by atoms with Gasteiger partial charge < -0.3 is 9.05 Å². The lowest BCUT2D eigenvalue weighted by Gasteiger charge is -2.11. The lowest BCUT2D eigenvalue weighted by atomic mass is 10.2. The summed E-state index contributed by atoms with van der Waals surface area (Å²) >= 11 is 0. The van der Waals surface area contributed by atoms with Crippen LogP contribution in [0.15, 0.2) is 30.3 Å². The van der Waals surface area contributed by atoms with Crippen molar-refractivity contribution in [2.45, 2.75) is 13.5 Å². The Bertz CT molecular complexity index is 226. The molecule has 0 spiro atoms. The SMILES string of the molecule is CCOP(C)OCc1ccccc1. The highest BCUT2D eigenvalue weighted by Gasteiger charge is 2.00. The van der Waals surface area contributed by atoms with Gasteiger partial charge >= 0.3 is 0 Å². The van der Waals surface area contributed by atoms with E-state index in [1.54, 1.807) is 0 Å². The van der Waals surface area contributed by atoms with Crippen LogP contribution in [0.3, 0.4) is 0 Å². The molecule has 0 saturated carbocycles. The molecule has 3 heteroatoms. The van der Waals surface area contributed by atoms with Crippen molar-refractivity contribution in [2.75, 3.05) is 13.3 Å². The molecule has 1 aromatic carbocycles. The Kier molecular flexibility index (Phi) is 4.99. The Morgan fingerprint density at radius 2 is 1.85 bits per heavy atom. The van der Waals surface area contributed by atoms with Gasteiger partial charge in [-0.1, -0.05) is 30.3 Å². The minimum Gasteiger partial charge on any atom is -0.335 e. The van der Waals surface area contributed by atoms with E-state index in [4.69, 9.17) is 9.05 Å². The van der Waals surface area contributed by atoms with Crippen molar-refractivity contribution in [1.82, 2.24) is 0 Å². The van der Waals surface area contributed by atoms with Crippen molar-refractivity contribution in [3.8, 4) is 0 Å². The molecule has 1 unspecified atom stereocenters. The van der Waals surface area contributed by atoms with E-state index in [9.17, 15) is 0 Å². The third-order valence-corrected chi connectivity index (χ3v) is 2.68. The molecule has 1 aromatic rings. The van der Waals surface area contributed by atoms with Crippen molar-refractivity contribution in [3.63, 3.8) is 0 Å². The van der Waals surface area contributed by atoms with Crippen LogP contribution in [0.1, 0.15) is 12.5 Å². The average molecular weight is 198 g/mol. The molecule has 0 aliphatic heterocycles. The molecule has 1 rings (SSSR count). The van der Waals surface area contributed by atoms with E-state index < -0.39 is 8.38 Å². The fraction of sp³-hybridized carbons (Fsp3) is 0.400. The topological polar surface area (TPSA) is 18.5 Å². The monoisotopic (exact) mass is 198 g/mol. The van der Waals surface area contributed by atoms with E-state index in [1.807, 2.05) is 31.8 Å². The zero-order valence-electron chi connectivity index (χ0n) is 8.06. The summed E-state index contributed by atoms with van der Waals surface area (Å²) in [6.45, 7) is 5.31. The number of benzene rings is 1. The Labute approximate surface area is 80.8 Å². The van der Waals surface area contributed by atoms with Crippen LogP contribution in [-0.4, -0.2) is 13.3 Å². The summed E-state index contributed by atoms with van der Waals surface area (Å²) in [5, 5.41) is 0. The van der Waals surface area contributed by atoms with Crippen LogP contribution in [0.4, 0.5) is 0 Å². The van der Waals surface area contributed by atoms with Gasteiger partial charge in [0.05, 0.1) is 13.2 Å². The Morgan fingerprint density at radius 3 is 2.46 bits per heavy atom. The Morgan fingerprint density at radius 1 is 1.15 bits per heavy atom. The molecule has 2 nitrogen and oxygen atoms in total. The first-order chi connectivity index (χ1) is 6.33. The maximum atomic E-state index is 5.51. The molecule has 0 amide bonds. The molecule has 0 aliphatic carbocycles. The molecular formula is C10H15O2P. The van der Waals surface area contributed by atoms with Gasteiger partial charge in [-0.2, -0.15) is 0 Å². The molecule has 0 aromatic heterocycles. The van der Waals surface area contributed by atoms with Gasteiger partial charge in [0.15, 0.2) is 8.38 Å². The van der Waals surface area contributed by atoms with Gasteiger partial charge in [-0.15, -0.1) is 0 Å². The standard InChI is InChI=1S/C10H15O2P/c1-3-11-13(2)12-9-10-7-5-4-6-8-10/h4-8H,3,9H2,1-2H3. The molecule has 0 fully saturated rings. The molecule has 0 saturated heterocycles. The van der Waals surface area contributed by atoms with Gasteiger partial charge in [-0.05, 0) is 12.5 Å². The third-order valence-electron chi connectivity index (χ3n) is 1.57. The van der Waals surface area contributed by atoms with Crippen LogP contribution >= 0.6 is 8.38 Å². The Balaban J connectivity index is 2.27. The summed E-state index contributed by atoms with van der Waals surface area (Å²) in [5.41, 5.74) is 1.19. The average Bonchev–Trinajstić information content (AvgIpc) is 2.17. The predicted octanol–water partition coefficient (Wildman–Crippen LogP) is 3.18. The summed E-state index contributed by atoms with van der Waals surface area (Å²) in [6.07, 6.45) is 0. The van der Waals surface area contributed by atoms with Crippen LogP contribution in [-0.2, 0) is 15.7 Å². The Hall–Kier alpha value is -0.430. The molecule has 1 atom stereocenters. The summed E-state index contributed by atoms with van der Waals surface area (Å²) in [4.78, 5) is 0. The van der Waals surface area contributed by atoms with E-state index in [-0.39, 0.29) is 0 Å². The number of hydrogen-bond donors (Lipinski definition) is 0. The largest absolute Gasteiger partial charge is 0.335 e. The van der Waals surface area contributed by atoms with Crippen molar-refractivity contribution in [2.24, 2.45) is 0 Å². The van der Waals surface area contributed by atoms with E-state index in [0.717, 1.165) is 6.61 Å². The lowest BCUT2D eigenvalue weighted by molar-refractivity contribution is 0.255. The highest BCUT2D eigenvalue weighted by atomic mass is 31.2. The van der Waals surface area contributed by atoms with Crippen molar-refractivity contribution >= 4 is 8.38 Å². The highest BCUT2D eigenvalue weighted by Crippen LogP contribution is 2.34. The fourth-order valence-electron chi connectivity index (χ4n) is 0.959. The van der Waals surface area contributed by atoms with Crippen LogP contribution in [0, 0.1) is 0 Å². The van der Waals surface area contributed by atoms with E-state index in [0.29, 0.717) is 6.61 Å². The number of rotatable bonds is 5. The predicted molar refractivity (Wildman–Crippen MR) is 55.7 cm³/mol. The first-order valence-corrected chi connectivity index (χ1v) is 5.99. The fourth-order valence-corrected chi connectivity index (χ4v) is 1.73. The second kappa shape index (κ2) is 6.09. The highest BCUT2D eigenvalue weighted by molar-refractivity contribution is 7.46. The molecule has 13 heavy (non-hydrogen) atoms. The summed E-state index contributed by atoms with van der Waals surface area (Å²) in [6, 6.07) is 10.1. The maximum Gasteiger partial charge on any atom is 0.167 e. The van der Waals surface area contributed by atoms with Crippen LogP contribution < -0.4 is 0 Å². The molecule has 0 bridgehead atoms. The van der Waals surface area contributed by atoms with Gasteiger partial charge in [0, 0.05) is 6.66 Å². The second-order valence-corrected chi connectivity index (χ2v) is 4.01. The quantitative estimate of drug-likeness (QED) is 0.676. The van der Waals surface area contributed by atoms with Crippen LogP contribution in [0.25, 0.3) is 0 Å². The van der Waals surface area contributed by atoms with E-state index in [1.165, 1.54) is 5.56 Å². The smallest absolute Gasteiger partial charge is 0.167 e. The molecule has 72 valence electrons. The van der Waals surface area contributed by atoms with Gasteiger partial charge in [-0.3, -0.25) is 0 Å². The summed E-state index contributed by atoms with van der Waals surface area (Å²) in [5.74, 6) is 0. The maximum absolute atomic E-state index is 5.51. The van der Waals surface area contributed by atoms with Crippen LogP contribution in [0.2, 0.25) is 0 Å². The lowest BCUT2D eigenvalue weighted by Crippen LogP contribution is -1.90. The summed E-state index contributed by atoms with van der Waals surface area (Å²) in [7, 11) is -0.704. The molecule has 0 radical (unpaired) electrons. The zero-order chi connectivity index (χ0) is 9.52. The molecule has 0 aliphatic rings. The van der Waals surface area contributed by atoms with Gasteiger partial charge in [0.2, 0.25) is 0 Å². The molecular weight excluding hydrogens is 183 g/mol. The minimum atomic E-state index is -0.704. The second-order valence-electron chi connectivity index (χ2n) is 2.62. The zero-order valence-corrected chi connectivity index (χ0v) is 8.96. The number of hydrogen-bond acceptors (Lipinski definition) is 2. The van der Waals surface area contributed by atoms with Gasteiger partial charge in [-0.25, -0.2) is 0 Å². The van der Waals surface area contributed by atoms with Crippen molar-refractivity contribution in [1.29, 1.82) is 0 Å². The van der Waals surface area contributed by atoms with Crippen molar-refractivity contribution < 1.29 is 9.05 Å². The first-order valence-electron chi connectivity index (χ1n) is 4.36. The molecule has 0 heterocycles. The van der Waals surface area contributed by atoms with Gasteiger partial charge in [0.25, 0.3) is 0 Å². The van der Waals surface area contributed by atoms with E-state index >= 15 is 0 Å². The van der Waals surface area contributed by atoms with Gasteiger partial charge in [0.1, 0.15) is 0 Å². The normalized spacial score (nSPS) is 12.8. The molecule has 0 N–H and O–H groups in total. The minimum absolute atomic E-state index is 0.642. The first kappa shape index (κ1) is 10.6. The van der Waals surface area contributed by atoms with Crippen molar-refractivity contribution in [3.05, 3.63) is 35.9 Å². The van der Waals surface area contributed by atoms with Crippen LogP contribution in [0.5, 0.6) is 0 Å². The third kappa shape index (κ3) is 4.37. The van der Waals surface area contributed by atoms with E-state index in [2.05, 4.69) is 12.1 Å².